The molecule has 0 radical (unpaired) electrons. The first kappa shape index (κ1) is 20.0. The molecule has 1 aliphatic carbocycles. The van der Waals surface area contributed by atoms with Gasteiger partial charge in [0, 0.05) is 44.1 Å². The van der Waals surface area contributed by atoms with Crippen molar-refractivity contribution in [2.45, 2.75) is 59.5 Å². The van der Waals surface area contributed by atoms with E-state index in [1.807, 2.05) is 18.7 Å². The molecule has 2 N–H and O–H groups in total. The van der Waals surface area contributed by atoms with Crippen molar-refractivity contribution in [2.75, 3.05) is 39.3 Å². The fourth-order valence-electron chi connectivity index (χ4n) is 3.75. The number of nitrogens with zero attached hydrogens (tertiary/aromatic N) is 3. The van der Waals surface area contributed by atoms with Crippen LogP contribution in [-0.2, 0) is 4.79 Å². The maximum Gasteiger partial charge on any atom is 0.225 e. The van der Waals surface area contributed by atoms with Gasteiger partial charge in [0.1, 0.15) is 0 Å². The first-order chi connectivity index (χ1) is 11.9. The van der Waals surface area contributed by atoms with Crippen LogP contribution >= 0.6 is 0 Å². The van der Waals surface area contributed by atoms with Crippen molar-refractivity contribution in [3.8, 4) is 0 Å². The van der Waals surface area contributed by atoms with Gasteiger partial charge in [0.15, 0.2) is 5.96 Å². The monoisotopic (exact) mass is 352 g/mol. The Kier molecular flexibility index (Phi) is 7.11. The fourth-order valence-corrected chi connectivity index (χ4v) is 3.75. The van der Waals surface area contributed by atoms with Crippen LogP contribution in [-0.4, -0.2) is 72.1 Å². The molecule has 1 amide bonds. The van der Waals surface area contributed by atoms with Crippen LogP contribution in [0.4, 0.5) is 0 Å². The highest BCUT2D eigenvalue weighted by atomic mass is 16.3. The topological polar surface area (TPSA) is 68.2 Å². The number of aliphatic hydroxyl groups is 1. The van der Waals surface area contributed by atoms with Gasteiger partial charge in [-0.25, -0.2) is 0 Å². The number of aliphatic hydroxyl groups excluding tert-OH is 1. The molecule has 1 heterocycles. The first-order valence-electron chi connectivity index (χ1n) is 9.87. The Morgan fingerprint density at radius 1 is 1.24 bits per heavy atom. The summed E-state index contributed by atoms with van der Waals surface area (Å²) in [6.07, 6.45) is 3.96. The Balaban J connectivity index is 1.97. The second-order valence-electron chi connectivity index (χ2n) is 8.05. The van der Waals surface area contributed by atoms with E-state index in [-0.39, 0.29) is 23.3 Å². The lowest BCUT2D eigenvalue weighted by atomic mass is 9.73. The van der Waals surface area contributed by atoms with E-state index in [9.17, 15) is 9.90 Å². The number of carbonyl (C=O) groups excluding carboxylic acids is 1. The van der Waals surface area contributed by atoms with Crippen molar-refractivity contribution in [2.24, 2.45) is 16.3 Å². The molecule has 0 aromatic rings. The maximum atomic E-state index is 12.1. The molecule has 0 bridgehead atoms. The molecule has 25 heavy (non-hydrogen) atoms. The molecule has 0 spiro atoms. The summed E-state index contributed by atoms with van der Waals surface area (Å²) in [7, 11) is 0. The van der Waals surface area contributed by atoms with Gasteiger partial charge in [-0.05, 0) is 19.8 Å². The van der Waals surface area contributed by atoms with Gasteiger partial charge in [0.05, 0.1) is 12.6 Å². The fraction of sp³-hybridized carbons (Fsp3) is 0.895. The van der Waals surface area contributed by atoms with Crippen molar-refractivity contribution < 1.29 is 9.90 Å². The van der Waals surface area contributed by atoms with Crippen LogP contribution in [0.15, 0.2) is 4.99 Å². The van der Waals surface area contributed by atoms with Crippen LogP contribution in [0, 0.1) is 11.3 Å². The Hall–Kier alpha value is -1.30. The van der Waals surface area contributed by atoms with Crippen molar-refractivity contribution >= 4 is 11.9 Å². The summed E-state index contributed by atoms with van der Waals surface area (Å²) < 4.78 is 0. The highest BCUT2D eigenvalue weighted by Gasteiger charge is 2.35. The summed E-state index contributed by atoms with van der Waals surface area (Å²) >= 11 is 0. The van der Waals surface area contributed by atoms with Crippen LogP contribution in [0.25, 0.3) is 0 Å². The maximum absolute atomic E-state index is 12.1. The standard InChI is InChI=1S/C19H36N4O2/c1-5-20-18(21-14-19(4)9-7-6-8-16(19)24)23-12-10-22(11-13-23)17(25)15(2)3/h15-16,24H,5-14H2,1-4H3,(H,20,21). The Morgan fingerprint density at radius 2 is 1.88 bits per heavy atom. The molecule has 0 aromatic heterocycles. The molecule has 2 fully saturated rings. The van der Waals surface area contributed by atoms with Crippen molar-refractivity contribution in [3.05, 3.63) is 0 Å². The largest absolute Gasteiger partial charge is 0.392 e. The van der Waals surface area contributed by atoms with E-state index in [4.69, 9.17) is 4.99 Å². The number of piperazine rings is 1. The SMILES string of the molecule is CCNC(=NCC1(C)CCCCC1O)N1CCN(C(=O)C(C)C)CC1. The molecular weight excluding hydrogens is 316 g/mol. The molecule has 2 atom stereocenters. The lowest BCUT2D eigenvalue weighted by Crippen LogP contribution is -2.54. The summed E-state index contributed by atoms with van der Waals surface area (Å²) in [5.74, 6) is 1.21. The predicted molar refractivity (Wildman–Crippen MR) is 102 cm³/mol. The molecule has 6 nitrogen and oxygen atoms in total. The van der Waals surface area contributed by atoms with Gasteiger partial charge in [0.2, 0.25) is 5.91 Å². The Bertz CT molecular complexity index is 472. The molecule has 1 aliphatic heterocycles. The van der Waals surface area contributed by atoms with E-state index < -0.39 is 0 Å². The number of carbonyl (C=O) groups is 1. The summed E-state index contributed by atoms with van der Waals surface area (Å²) in [6.45, 7) is 12.7. The van der Waals surface area contributed by atoms with Gasteiger partial charge in [-0.15, -0.1) is 0 Å². The molecule has 1 saturated carbocycles. The molecule has 6 heteroatoms. The van der Waals surface area contributed by atoms with E-state index in [1.165, 1.54) is 6.42 Å². The minimum atomic E-state index is -0.256. The Morgan fingerprint density at radius 3 is 2.44 bits per heavy atom. The molecule has 2 rings (SSSR count). The van der Waals surface area contributed by atoms with Crippen LogP contribution in [0.3, 0.4) is 0 Å². The van der Waals surface area contributed by atoms with Crippen LogP contribution < -0.4 is 5.32 Å². The van der Waals surface area contributed by atoms with Gasteiger partial charge >= 0.3 is 0 Å². The Labute approximate surface area is 152 Å². The van der Waals surface area contributed by atoms with Gasteiger partial charge in [-0.2, -0.15) is 0 Å². The summed E-state index contributed by atoms with van der Waals surface area (Å²) in [5.41, 5.74) is -0.117. The summed E-state index contributed by atoms with van der Waals surface area (Å²) in [6, 6.07) is 0. The van der Waals surface area contributed by atoms with Crippen molar-refractivity contribution in [3.63, 3.8) is 0 Å². The number of guanidine groups is 1. The third kappa shape index (κ3) is 5.09. The summed E-state index contributed by atoms with van der Waals surface area (Å²) in [5, 5.41) is 13.8. The number of nitrogens with one attached hydrogen (secondary N) is 1. The van der Waals surface area contributed by atoms with Crippen molar-refractivity contribution in [1.82, 2.24) is 15.1 Å². The number of hydrogen-bond donors (Lipinski definition) is 2. The quantitative estimate of drug-likeness (QED) is 0.597. The molecule has 2 unspecified atom stereocenters. The lowest BCUT2D eigenvalue weighted by Gasteiger charge is -2.39. The minimum absolute atomic E-state index is 0.0567. The zero-order valence-electron chi connectivity index (χ0n) is 16.4. The van der Waals surface area contributed by atoms with Gasteiger partial charge < -0.3 is 20.2 Å². The number of aliphatic imine (C=N–C) groups is 1. The second-order valence-corrected chi connectivity index (χ2v) is 8.05. The third-order valence-corrected chi connectivity index (χ3v) is 5.59. The normalized spacial score (nSPS) is 28.4. The lowest BCUT2D eigenvalue weighted by molar-refractivity contribution is -0.135. The average Bonchev–Trinajstić information content (AvgIpc) is 2.61. The van der Waals surface area contributed by atoms with Gasteiger partial charge in [-0.1, -0.05) is 33.6 Å². The molecule has 0 aromatic carbocycles. The molecular formula is C19H36N4O2. The summed E-state index contributed by atoms with van der Waals surface area (Å²) in [4.78, 5) is 21.2. The number of rotatable bonds is 4. The van der Waals surface area contributed by atoms with Crippen LogP contribution in [0.1, 0.15) is 53.4 Å². The van der Waals surface area contributed by atoms with Gasteiger partial charge in [0.25, 0.3) is 0 Å². The first-order valence-corrected chi connectivity index (χ1v) is 9.87. The van der Waals surface area contributed by atoms with E-state index in [0.717, 1.165) is 57.9 Å². The van der Waals surface area contributed by atoms with Crippen LogP contribution in [0.5, 0.6) is 0 Å². The highest BCUT2D eigenvalue weighted by Crippen LogP contribution is 2.36. The van der Waals surface area contributed by atoms with Gasteiger partial charge in [-0.3, -0.25) is 9.79 Å². The zero-order valence-corrected chi connectivity index (χ0v) is 16.4. The minimum Gasteiger partial charge on any atom is -0.392 e. The molecule has 144 valence electrons. The van der Waals surface area contributed by atoms with Crippen LogP contribution in [0.2, 0.25) is 0 Å². The third-order valence-electron chi connectivity index (χ3n) is 5.59. The van der Waals surface area contributed by atoms with E-state index in [0.29, 0.717) is 6.54 Å². The molecule has 1 saturated heterocycles. The average molecular weight is 353 g/mol. The van der Waals surface area contributed by atoms with E-state index >= 15 is 0 Å². The number of amides is 1. The zero-order chi connectivity index (χ0) is 18.4. The van der Waals surface area contributed by atoms with E-state index in [1.54, 1.807) is 0 Å². The van der Waals surface area contributed by atoms with Crippen molar-refractivity contribution in [1.29, 1.82) is 0 Å². The highest BCUT2D eigenvalue weighted by molar-refractivity contribution is 5.81. The van der Waals surface area contributed by atoms with E-state index in [2.05, 4.69) is 24.1 Å². The molecule has 2 aliphatic rings. The second kappa shape index (κ2) is 8.88. The smallest absolute Gasteiger partial charge is 0.225 e. The predicted octanol–water partition coefficient (Wildman–Crippen LogP) is 1.69. The number of hydrogen-bond acceptors (Lipinski definition) is 3.